The molecule has 0 aromatic heterocycles. The van der Waals surface area contributed by atoms with Crippen molar-refractivity contribution in [1.29, 1.82) is 0 Å². The molecule has 0 aliphatic rings. The SMILES string of the molecule is CCC(C)CNC(=O)Nc1ccccc1OCC(=O)O. The summed E-state index contributed by atoms with van der Waals surface area (Å²) in [6.45, 7) is 4.23. The minimum atomic E-state index is -1.07. The van der Waals surface area contributed by atoms with Gasteiger partial charge in [0.15, 0.2) is 6.61 Å². The van der Waals surface area contributed by atoms with Crippen molar-refractivity contribution in [1.82, 2.24) is 5.32 Å². The maximum absolute atomic E-state index is 11.7. The Labute approximate surface area is 118 Å². The van der Waals surface area contributed by atoms with E-state index in [0.29, 0.717) is 23.9 Å². The van der Waals surface area contributed by atoms with Gasteiger partial charge in [0.1, 0.15) is 5.75 Å². The second-order valence-corrected chi connectivity index (χ2v) is 4.53. The minimum absolute atomic E-state index is 0.327. The van der Waals surface area contributed by atoms with Gasteiger partial charge in [0.2, 0.25) is 0 Å². The summed E-state index contributed by atoms with van der Waals surface area (Å²) in [5.74, 6) is -0.339. The number of carbonyl (C=O) groups is 2. The highest BCUT2D eigenvalue weighted by molar-refractivity contribution is 5.90. The van der Waals surface area contributed by atoms with Crippen LogP contribution in [0, 0.1) is 5.92 Å². The Bertz CT molecular complexity index is 462. The molecule has 20 heavy (non-hydrogen) atoms. The van der Waals surface area contributed by atoms with Gasteiger partial charge in [-0.25, -0.2) is 9.59 Å². The first-order valence-electron chi connectivity index (χ1n) is 6.51. The number of hydrogen-bond acceptors (Lipinski definition) is 3. The molecule has 6 nitrogen and oxygen atoms in total. The van der Waals surface area contributed by atoms with E-state index in [1.54, 1.807) is 24.3 Å². The highest BCUT2D eigenvalue weighted by Crippen LogP contribution is 2.23. The van der Waals surface area contributed by atoms with Crippen molar-refractivity contribution >= 4 is 17.7 Å². The van der Waals surface area contributed by atoms with Crippen molar-refractivity contribution in [3.63, 3.8) is 0 Å². The maximum atomic E-state index is 11.7. The summed E-state index contributed by atoms with van der Waals surface area (Å²) in [5.41, 5.74) is 0.440. The largest absolute Gasteiger partial charge is 0.480 e. The van der Waals surface area contributed by atoms with E-state index in [0.717, 1.165) is 6.42 Å². The molecular weight excluding hydrogens is 260 g/mol. The van der Waals surface area contributed by atoms with Gasteiger partial charge in [0.25, 0.3) is 0 Å². The summed E-state index contributed by atoms with van der Waals surface area (Å²) in [5, 5.41) is 14.0. The molecule has 110 valence electrons. The van der Waals surface area contributed by atoms with Gasteiger partial charge >= 0.3 is 12.0 Å². The number of carboxylic acid groups (broad SMARTS) is 1. The fourth-order valence-electron chi connectivity index (χ4n) is 1.41. The number of ether oxygens (including phenoxy) is 1. The van der Waals surface area contributed by atoms with E-state index in [2.05, 4.69) is 17.6 Å². The van der Waals surface area contributed by atoms with Gasteiger partial charge in [-0.15, -0.1) is 0 Å². The van der Waals surface area contributed by atoms with E-state index >= 15 is 0 Å². The molecule has 0 bridgehead atoms. The van der Waals surface area contributed by atoms with Crippen LogP contribution in [-0.2, 0) is 4.79 Å². The fourth-order valence-corrected chi connectivity index (χ4v) is 1.41. The van der Waals surface area contributed by atoms with Crippen LogP contribution < -0.4 is 15.4 Å². The Balaban J connectivity index is 2.57. The molecule has 1 atom stereocenters. The van der Waals surface area contributed by atoms with E-state index in [9.17, 15) is 9.59 Å². The molecule has 1 unspecified atom stereocenters. The molecule has 6 heteroatoms. The van der Waals surface area contributed by atoms with Crippen LogP contribution in [0.2, 0.25) is 0 Å². The van der Waals surface area contributed by atoms with Gasteiger partial charge in [0.05, 0.1) is 5.69 Å². The summed E-state index contributed by atoms with van der Waals surface area (Å²) in [4.78, 5) is 22.2. The molecule has 1 aromatic carbocycles. The summed E-state index contributed by atoms with van der Waals surface area (Å²) in [6, 6.07) is 6.36. The lowest BCUT2D eigenvalue weighted by Crippen LogP contribution is -2.32. The zero-order chi connectivity index (χ0) is 15.0. The monoisotopic (exact) mass is 280 g/mol. The Kier molecular flexibility index (Phi) is 6.36. The third kappa shape index (κ3) is 5.60. The Morgan fingerprint density at radius 2 is 2.05 bits per heavy atom. The molecular formula is C14H20N2O4. The number of benzene rings is 1. The molecule has 1 rings (SSSR count). The van der Waals surface area contributed by atoms with E-state index in [1.807, 2.05) is 6.92 Å². The number of rotatable bonds is 7. The van der Waals surface area contributed by atoms with Crippen molar-refractivity contribution in [2.24, 2.45) is 5.92 Å². The lowest BCUT2D eigenvalue weighted by molar-refractivity contribution is -0.139. The summed E-state index contributed by atoms with van der Waals surface area (Å²) in [7, 11) is 0. The van der Waals surface area contributed by atoms with Crippen molar-refractivity contribution in [3.05, 3.63) is 24.3 Å². The maximum Gasteiger partial charge on any atom is 0.341 e. The van der Waals surface area contributed by atoms with E-state index in [-0.39, 0.29) is 6.03 Å². The van der Waals surface area contributed by atoms with Crippen molar-refractivity contribution in [2.45, 2.75) is 20.3 Å². The zero-order valence-electron chi connectivity index (χ0n) is 11.7. The molecule has 0 spiro atoms. The summed E-state index contributed by atoms with van der Waals surface area (Å²) < 4.78 is 5.10. The second-order valence-electron chi connectivity index (χ2n) is 4.53. The summed E-state index contributed by atoms with van der Waals surface area (Å²) >= 11 is 0. The van der Waals surface area contributed by atoms with Gasteiger partial charge in [-0.3, -0.25) is 0 Å². The van der Waals surface area contributed by atoms with Gasteiger partial charge in [0, 0.05) is 6.54 Å². The van der Waals surface area contributed by atoms with Crippen LogP contribution in [0.15, 0.2) is 24.3 Å². The number of hydrogen-bond donors (Lipinski definition) is 3. The van der Waals surface area contributed by atoms with Gasteiger partial charge in [-0.2, -0.15) is 0 Å². The van der Waals surface area contributed by atoms with Crippen LogP contribution in [0.25, 0.3) is 0 Å². The average molecular weight is 280 g/mol. The van der Waals surface area contributed by atoms with Crippen LogP contribution in [0.5, 0.6) is 5.75 Å². The average Bonchev–Trinajstić information content (AvgIpc) is 2.43. The third-order valence-corrected chi connectivity index (χ3v) is 2.79. The van der Waals surface area contributed by atoms with Crippen molar-refractivity contribution in [2.75, 3.05) is 18.5 Å². The molecule has 0 saturated carbocycles. The van der Waals surface area contributed by atoms with Crippen LogP contribution in [0.3, 0.4) is 0 Å². The van der Waals surface area contributed by atoms with E-state index in [4.69, 9.17) is 9.84 Å². The number of amides is 2. The quantitative estimate of drug-likeness (QED) is 0.715. The molecule has 0 saturated heterocycles. The zero-order valence-corrected chi connectivity index (χ0v) is 11.7. The second kappa shape index (κ2) is 8.04. The first kappa shape index (κ1) is 15.8. The Morgan fingerprint density at radius 3 is 2.70 bits per heavy atom. The minimum Gasteiger partial charge on any atom is -0.480 e. The highest BCUT2D eigenvalue weighted by atomic mass is 16.5. The van der Waals surface area contributed by atoms with E-state index < -0.39 is 12.6 Å². The number of carboxylic acids is 1. The number of urea groups is 1. The Hall–Kier alpha value is -2.24. The number of carbonyl (C=O) groups excluding carboxylic acids is 1. The number of aliphatic carboxylic acids is 1. The molecule has 0 radical (unpaired) electrons. The molecule has 2 amide bonds. The predicted octanol–water partition coefficient (Wildman–Crippen LogP) is 2.32. The molecule has 0 heterocycles. The predicted molar refractivity (Wildman–Crippen MR) is 76.0 cm³/mol. The van der Waals surface area contributed by atoms with Crippen LogP contribution in [-0.4, -0.2) is 30.3 Å². The molecule has 0 fully saturated rings. The third-order valence-electron chi connectivity index (χ3n) is 2.79. The molecule has 1 aromatic rings. The lowest BCUT2D eigenvalue weighted by atomic mass is 10.1. The van der Waals surface area contributed by atoms with Gasteiger partial charge in [-0.05, 0) is 18.1 Å². The van der Waals surface area contributed by atoms with Crippen LogP contribution in [0.4, 0.5) is 10.5 Å². The normalized spacial score (nSPS) is 11.5. The number of nitrogens with one attached hydrogen (secondary N) is 2. The topological polar surface area (TPSA) is 87.7 Å². The lowest BCUT2D eigenvalue weighted by Gasteiger charge is -2.13. The van der Waals surface area contributed by atoms with Crippen LogP contribution in [0.1, 0.15) is 20.3 Å². The standard InChI is InChI=1S/C14H20N2O4/c1-3-10(2)8-15-14(19)16-11-6-4-5-7-12(11)20-9-13(17)18/h4-7,10H,3,8-9H2,1-2H3,(H,17,18)(H2,15,16,19). The highest BCUT2D eigenvalue weighted by Gasteiger charge is 2.09. The molecule has 3 N–H and O–H groups in total. The first-order valence-corrected chi connectivity index (χ1v) is 6.51. The fraction of sp³-hybridized carbons (Fsp3) is 0.429. The molecule has 0 aliphatic heterocycles. The van der Waals surface area contributed by atoms with Crippen LogP contribution >= 0.6 is 0 Å². The van der Waals surface area contributed by atoms with Gasteiger partial charge < -0.3 is 20.5 Å². The van der Waals surface area contributed by atoms with Gasteiger partial charge in [-0.1, -0.05) is 32.4 Å². The first-order chi connectivity index (χ1) is 9.52. The smallest absolute Gasteiger partial charge is 0.341 e. The number of anilines is 1. The van der Waals surface area contributed by atoms with E-state index in [1.165, 1.54) is 0 Å². The van der Waals surface area contributed by atoms with Crippen molar-refractivity contribution < 1.29 is 19.4 Å². The summed E-state index contributed by atoms with van der Waals surface area (Å²) in [6.07, 6.45) is 0.985. The number of para-hydroxylation sites is 2. The van der Waals surface area contributed by atoms with Crippen molar-refractivity contribution in [3.8, 4) is 5.75 Å². The molecule has 0 aliphatic carbocycles. The Morgan fingerprint density at radius 1 is 1.35 bits per heavy atom.